The highest BCUT2D eigenvalue weighted by atomic mass is 79.9. The van der Waals surface area contributed by atoms with Crippen LogP contribution in [0.4, 0.5) is 5.69 Å². The third kappa shape index (κ3) is 5.20. The molecule has 1 unspecified atom stereocenters. The molecular weight excluding hydrogens is 423 g/mol. The number of hydrogen-bond acceptors (Lipinski definition) is 2. The Morgan fingerprint density at radius 3 is 2.84 bits per heavy atom. The Kier molecular flexibility index (Phi) is 6.39. The van der Waals surface area contributed by atoms with Crippen LogP contribution in [0.3, 0.4) is 0 Å². The molecule has 0 aromatic heterocycles. The third-order valence-electron chi connectivity index (χ3n) is 4.36. The van der Waals surface area contributed by atoms with E-state index in [4.69, 9.17) is 23.2 Å². The molecule has 3 nitrogen and oxygen atoms in total. The summed E-state index contributed by atoms with van der Waals surface area (Å²) >= 11 is 15.5. The molecule has 2 aromatic rings. The van der Waals surface area contributed by atoms with Gasteiger partial charge in [-0.3, -0.25) is 9.69 Å². The van der Waals surface area contributed by atoms with E-state index in [0.717, 1.165) is 47.7 Å². The van der Waals surface area contributed by atoms with Crippen molar-refractivity contribution < 1.29 is 4.79 Å². The summed E-state index contributed by atoms with van der Waals surface area (Å²) in [6.07, 6.45) is 1.92. The monoisotopic (exact) mass is 440 g/mol. The van der Waals surface area contributed by atoms with Crippen molar-refractivity contribution in [2.24, 2.45) is 5.92 Å². The Morgan fingerprint density at radius 2 is 2.08 bits per heavy atom. The van der Waals surface area contributed by atoms with Gasteiger partial charge in [0, 0.05) is 28.3 Å². The van der Waals surface area contributed by atoms with Crippen molar-refractivity contribution in [2.45, 2.75) is 19.4 Å². The first kappa shape index (κ1) is 18.7. The Hall–Kier alpha value is -1.07. The van der Waals surface area contributed by atoms with Gasteiger partial charge in [0.1, 0.15) is 0 Å². The summed E-state index contributed by atoms with van der Waals surface area (Å²) < 4.78 is 0.817. The van der Waals surface area contributed by atoms with Gasteiger partial charge in [0.2, 0.25) is 5.91 Å². The second-order valence-corrected chi connectivity index (χ2v) is 8.02. The fraction of sp³-hybridized carbons (Fsp3) is 0.316. The molecule has 1 amide bonds. The summed E-state index contributed by atoms with van der Waals surface area (Å²) in [7, 11) is 0. The first-order valence-corrected chi connectivity index (χ1v) is 9.79. The number of halogens is 3. The van der Waals surface area contributed by atoms with Crippen molar-refractivity contribution in [1.82, 2.24) is 4.90 Å². The lowest BCUT2D eigenvalue weighted by atomic mass is 9.96. The van der Waals surface area contributed by atoms with Crippen LogP contribution in [0.2, 0.25) is 10.0 Å². The van der Waals surface area contributed by atoms with Crippen molar-refractivity contribution in [1.29, 1.82) is 0 Å². The first-order chi connectivity index (χ1) is 12.0. The maximum absolute atomic E-state index is 12.6. The minimum absolute atomic E-state index is 0.0182. The van der Waals surface area contributed by atoms with Gasteiger partial charge in [0.15, 0.2) is 0 Å². The number of hydrogen-bond donors (Lipinski definition) is 1. The number of benzene rings is 2. The number of nitrogens with one attached hydrogen (secondary N) is 1. The van der Waals surface area contributed by atoms with Gasteiger partial charge in [0.25, 0.3) is 0 Å². The summed E-state index contributed by atoms with van der Waals surface area (Å²) in [5.41, 5.74) is 1.90. The van der Waals surface area contributed by atoms with Crippen LogP contribution in [0, 0.1) is 5.92 Å². The molecule has 1 saturated heterocycles. The molecule has 6 heteroatoms. The van der Waals surface area contributed by atoms with E-state index < -0.39 is 0 Å². The van der Waals surface area contributed by atoms with Crippen molar-refractivity contribution in [3.8, 4) is 0 Å². The summed E-state index contributed by atoms with van der Waals surface area (Å²) in [4.78, 5) is 14.9. The summed E-state index contributed by atoms with van der Waals surface area (Å²) in [5, 5.41) is 4.31. The quantitative estimate of drug-likeness (QED) is 0.668. The summed E-state index contributed by atoms with van der Waals surface area (Å²) in [5.74, 6) is 0.0320. The minimum atomic E-state index is -0.0182. The van der Waals surface area contributed by atoms with Crippen LogP contribution in [0.15, 0.2) is 46.9 Å². The number of carbonyl (C=O) groups excluding carboxylic acids is 1. The van der Waals surface area contributed by atoms with Crippen LogP contribution in [0.25, 0.3) is 0 Å². The topological polar surface area (TPSA) is 32.3 Å². The maximum Gasteiger partial charge on any atom is 0.228 e. The van der Waals surface area contributed by atoms with Crippen LogP contribution in [-0.4, -0.2) is 23.9 Å². The SMILES string of the molecule is O=C(Nc1ccc(Br)c(Cl)c1)C1CCCN(Cc2cccc(Cl)c2)C1. The van der Waals surface area contributed by atoms with Gasteiger partial charge in [-0.05, 0) is 71.2 Å². The zero-order valence-corrected chi connectivity index (χ0v) is 16.7. The van der Waals surface area contributed by atoms with Crippen LogP contribution in [0.5, 0.6) is 0 Å². The molecule has 1 aliphatic heterocycles. The highest BCUT2D eigenvalue weighted by molar-refractivity contribution is 9.10. The molecule has 0 spiro atoms. The van der Waals surface area contributed by atoms with Gasteiger partial charge in [0.05, 0.1) is 10.9 Å². The number of piperidine rings is 1. The predicted molar refractivity (Wildman–Crippen MR) is 107 cm³/mol. The zero-order chi connectivity index (χ0) is 17.8. The van der Waals surface area contributed by atoms with E-state index in [1.165, 1.54) is 5.56 Å². The standard InChI is InChI=1S/C19H19BrCl2N2O/c20-17-7-6-16(10-18(17)22)23-19(25)14-4-2-8-24(12-14)11-13-3-1-5-15(21)9-13/h1,3,5-7,9-10,14H,2,4,8,11-12H2,(H,23,25). The second kappa shape index (κ2) is 8.54. The average Bonchev–Trinajstić information content (AvgIpc) is 2.58. The molecule has 1 heterocycles. The number of likely N-dealkylation sites (tertiary alicyclic amines) is 1. The normalized spacial score (nSPS) is 18.1. The van der Waals surface area contributed by atoms with Gasteiger partial charge in [-0.2, -0.15) is 0 Å². The second-order valence-electron chi connectivity index (χ2n) is 6.32. The fourth-order valence-electron chi connectivity index (χ4n) is 3.12. The van der Waals surface area contributed by atoms with E-state index in [1.807, 2.05) is 30.3 Å². The van der Waals surface area contributed by atoms with Crippen LogP contribution in [-0.2, 0) is 11.3 Å². The highest BCUT2D eigenvalue weighted by Gasteiger charge is 2.26. The Bertz CT molecular complexity index is 769. The minimum Gasteiger partial charge on any atom is -0.326 e. The smallest absolute Gasteiger partial charge is 0.228 e. The molecule has 0 bridgehead atoms. The molecule has 2 aromatic carbocycles. The molecule has 25 heavy (non-hydrogen) atoms. The lowest BCUT2D eigenvalue weighted by molar-refractivity contribution is -0.121. The lowest BCUT2D eigenvalue weighted by Gasteiger charge is -2.32. The maximum atomic E-state index is 12.6. The van der Waals surface area contributed by atoms with E-state index >= 15 is 0 Å². The van der Waals surface area contributed by atoms with E-state index in [1.54, 1.807) is 6.07 Å². The molecule has 132 valence electrons. The van der Waals surface area contributed by atoms with E-state index in [0.29, 0.717) is 5.02 Å². The molecule has 3 rings (SSSR count). The van der Waals surface area contributed by atoms with Crippen molar-refractivity contribution in [3.05, 3.63) is 62.5 Å². The molecule has 0 aliphatic carbocycles. The molecule has 0 saturated carbocycles. The van der Waals surface area contributed by atoms with Gasteiger partial charge in [-0.1, -0.05) is 35.3 Å². The number of rotatable bonds is 4. The number of carbonyl (C=O) groups is 1. The Morgan fingerprint density at radius 1 is 1.24 bits per heavy atom. The fourth-order valence-corrected chi connectivity index (χ4v) is 3.76. The van der Waals surface area contributed by atoms with Gasteiger partial charge >= 0.3 is 0 Å². The highest BCUT2D eigenvalue weighted by Crippen LogP contribution is 2.27. The van der Waals surface area contributed by atoms with E-state index in [2.05, 4.69) is 32.2 Å². The van der Waals surface area contributed by atoms with Gasteiger partial charge in [-0.15, -0.1) is 0 Å². The molecule has 1 aliphatic rings. The molecule has 1 fully saturated rings. The van der Waals surface area contributed by atoms with Crippen molar-refractivity contribution >= 4 is 50.7 Å². The molecule has 1 atom stereocenters. The first-order valence-electron chi connectivity index (χ1n) is 8.24. The number of nitrogens with zero attached hydrogens (tertiary/aromatic N) is 1. The van der Waals surface area contributed by atoms with Crippen LogP contribution >= 0.6 is 39.1 Å². The molecular formula is C19H19BrCl2N2O. The largest absolute Gasteiger partial charge is 0.326 e. The van der Waals surface area contributed by atoms with Crippen molar-refractivity contribution in [3.63, 3.8) is 0 Å². The van der Waals surface area contributed by atoms with Crippen molar-refractivity contribution in [2.75, 3.05) is 18.4 Å². The lowest BCUT2D eigenvalue weighted by Crippen LogP contribution is -2.40. The van der Waals surface area contributed by atoms with Gasteiger partial charge < -0.3 is 5.32 Å². The zero-order valence-electron chi connectivity index (χ0n) is 13.6. The van der Waals surface area contributed by atoms with Crippen LogP contribution < -0.4 is 5.32 Å². The van der Waals surface area contributed by atoms with E-state index in [-0.39, 0.29) is 11.8 Å². The molecule has 1 N–H and O–H groups in total. The Balaban J connectivity index is 1.60. The predicted octanol–water partition coefficient (Wildman–Crippen LogP) is 5.61. The number of amides is 1. The number of anilines is 1. The van der Waals surface area contributed by atoms with Gasteiger partial charge in [-0.25, -0.2) is 0 Å². The third-order valence-corrected chi connectivity index (χ3v) is 5.83. The average molecular weight is 442 g/mol. The molecule has 0 radical (unpaired) electrons. The summed E-state index contributed by atoms with van der Waals surface area (Å²) in [6, 6.07) is 13.3. The van der Waals surface area contributed by atoms with E-state index in [9.17, 15) is 4.79 Å². The Labute approximate surface area is 166 Å². The summed E-state index contributed by atoms with van der Waals surface area (Å²) in [6.45, 7) is 2.57. The van der Waals surface area contributed by atoms with Crippen LogP contribution in [0.1, 0.15) is 18.4 Å².